The molecule has 0 atom stereocenters. The van der Waals surface area contributed by atoms with Gasteiger partial charge in [-0.3, -0.25) is 0 Å². The van der Waals surface area contributed by atoms with Crippen molar-refractivity contribution in [1.82, 2.24) is 4.98 Å². The number of alkyl halides is 3. The van der Waals surface area contributed by atoms with Gasteiger partial charge in [-0.05, 0) is 12.1 Å². The van der Waals surface area contributed by atoms with Gasteiger partial charge in [0, 0.05) is 10.9 Å². The van der Waals surface area contributed by atoms with Gasteiger partial charge >= 0.3 is 12.3 Å². The number of halogens is 3. The molecule has 0 spiro atoms. The molecule has 2 aromatic rings. The van der Waals surface area contributed by atoms with Crippen molar-refractivity contribution in [3.63, 3.8) is 0 Å². The van der Waals surface area contributed by atoms with Crippen LogP contribution >= 0.6 is 11.3 Å². The summed E-state index contributed by atoms with van der Waals surface area (Å²) in [5, 5.41) is 1.87. The number of aromatic nitrogens is 1. The molecular weight excluding hydrogens is 295 g/mol. The van der Waals surface area contributed by atoms with E-state index >= 15 is 0 Å². The van der Waals surface area contributed by atoms with Gasteiger partial charge in [0.25, 0.3) is 0 Å². The number of rotatable bonds is 3. The van der Waals surface area contributed by atoms with Crippen LogP contribution in [-0.4, -0.2) is 24.4 Å². The highest BCUT2D eigenvalue weighted by Crippen LogP contribution is 2.29. The summed E-state index contributed by atoms with van der Waals surface area (Å²) in [7, 11) is 1.22. The van der Waals surface area contributed by atoms with E-state index in [1.807, 2.05) is 0 Å². The Balaban J connectivity index is 2.27. The van der Waals surface area contributed by atoms with E-state index < -0.39 is 12.3 Å². The van der Waals surface area contributed by atoms with E-state index in [0.717, 1.165) is 11.3 Å². The lowest BCUT2D eigenvalue weighted by atomic mass is 10.2. The number of benzene rings is 1. The van der Waals surface area contributed by atoms with E-state index in [1.165, 1.54) is 30.7 Å². The van der Waals surface area contributed by atoms with Gasteiger partial charge in [-0.2, -0.15) is 0 Å². The normalized spacial score (nSPS) is 11.2. The third-order valence-corrected chi connectivity index (χ3v) is 3.10. The van der Waals surface area contributed by atoms with Crippen molar-refractivity contribution in [1.29, 1.82) is 0 Å². The summed E-state index contributed by atoms with van der Waals surface area (Å²) in [5.74, 6) is -0.944. The third kappa shape index (κ3) is 3.47. The molecule has 0 amide bonds. The SMILES string of the molecule is COC(=O)c1csc(-c2cccc(OC(F)(F)F)c2)n1. The van der Waals surface area contributed by atoms with E-state index in [2.05, 4.69) is 14.5 Å². The second-order valence-electron chi connectivity index (χ2n) is 3.61. The molecule has 0 fully saturated rings. The van der Waals surface area contributed by atoms with Crippen LogP contribution in [0.4, 0.5) is 13.2 Å². The highest BCUT2D eigenvalue weighted by molar-refractivity contribution is 7.13. The summed E-state index contributed by atoms with van der Waals surface area (Å²) in [6.45, 7) is 0. The average Bonchev–Trinajstić information content (AvgIpc) is 2.85. The number of thiazole rings is 1. The van der Waals surface area contributed by atoms with E-state index in [4.69, 9.17) is 0 Å². The van der Waals surface area contributed by atoms with Crippen LogP contribution in [0.1, 0.15) is 10.5 Å². The largest absolute Gasteiger partial charge is 0.573 e. The fourth-order valence-electron chi connectivity index (χ4n) is 1.43. The molecule has 1 aromatic heterocycles. The molecule has 106 valence electrons. The molecule has 0 bridgehead atoms. The maximum atomic E-state index is 12.1. The first kappa shape index (κ1) is 14.3. The minimum atomic E-state index is -4.75. The number of carbonyl (C=O) groups is 1. The van der Waals surface area contributed by atoms with E-state index in [1.54, 1.807) is 6.07 Å². The molecule has 0 N–H and O–H groups in total. The van der Waals surface area contributed by atoms with Crippen LogP contribution in [0.2, 0.25) is 0 Å². The van der Waals surface area contributed by atoms with Crippen molar-refractivity contribution in [3.8, 4) is 16.3 Å². The van der Waals surface area contributed by atoms with E-state index in [9.17, 15) is 18.0 Å². The quantitative estimate of drug-likeness (QED) is 0.814. The molecule has 2 rings (SSSR count). The van der Waals surface area contributed by atoms with Crippen molar-refractivity contribution < 1.29 is 27.4 Å². The highest BCUT2D eigenvalue weighted by Gasteiger charge is 2.31. The lowest BCUT2D eigenvalue weighted by molar-refractivity contribution is -0.274. The second kappa shape index (κ2) is 5.49. The van der Waals surface area contributed by atoms with Crippen LogP contribution in [0.15, 0.2) is 29.6 Å². The summed E-state index contributed by atoms with van der Waals surface area (Å²) < 4.78 is 44.7. The number of methoxy groups -OCH3 is 1. The molecular formula is C12H8F3NO3S. The lowest BCUT2D eigenvalue weighted by Crippen LogP contribution is -2.17. The third-order valence-electron chi connectivity index (χ3n) is 2.21. The molecule has 4 nitrogen and oxygen atoms in total. The molecule has 1 aromatic carbocycles. The van der Waals surface area contributed by atoms with Crippen molar-refractivity contribution >= 4 is 17.3 Å². The Morgan fingerprint density at radius 1 is 1.35 bits per heavy atom. The zero-order valence-electron chi connectivity index (χ0n) is 10.1. The van der Waals surface area contributed by atoms with Gasteiger partial charge in [-0.15, -0.1) is 24.5 Å². The topological polar surface area (TPSA) is 48.4 Å². The minimum Gasteiger partial charge on any atom is -0.464 e. The number of carbonyl (C=O) groups excluding carboxylic acids is 1. The molecule has 0 aliphatic rings. The van der Waals surface area contributed by atoms with Gasteiger partial charge in [0.15, 0.2) is 5.69 Å². The fourth-order valence-corrected chi connectivity index (χ4v) is 2.22. The highest BCUT2D eigenvalue weighted by atomic mass is 32.1. The number of hydrogen-bond acceptors (Lipinski definition) is 5. The van der Waals surface area contributed by atoms with Gasteiger partial charge < -0.3 is 9.47 Å². The molecule has 0 saturated heterocycles. The molecule has 0 aliphatic carbocycles. The van der Waals surface area contributed by atoms with Crippen LogP contribution in [0.25, 0.3) is 10.6 Å². The van der Waals surface area contributed by atoms with Crippen molar-refractivity contribution in [2.45, 2.75) is 6.36 Å². The van der Waals surface area contributed by atoms with Crippen LogP contribution in [-0.2, 0) is 4.74 Å². The average molecular weight is 303 g/mol. The van der Waals surface area contributed by atoms with Crippen molar-refractivity contribution in [2.24, 2.45) is 0 Å². The maximum Gasteiger partial charge on any atom is 0.573 e. The number of esters is 1. The minimum absolute atomic E-state index is 0.106. The zero-order chi connectivity index (χ0) is 14.8. The van der Waals surface area contributed by atoms with Crippen molar-refractivity contribution in [3.05, 3.63) is 35.3 Å². The zero-order valence-corrected chi connectivity index (χ0v) is 10.9. The Morgan fingerprint density at radius 3 is 2.75 bits per heavy atom. The Labute approximate surface area is 115 Å². The van der Waals surface area contributed by atoms with E-state index in [-0.39, 0.29) is 11.4 Å². The first-order valence-corrected chi connectivity index (χ1v) is 6.17. The molecule has 0 saturated carbocycles. The van der Waals surface area contributed by atoms with Crippen LogP contribution in [0.5, 0.6) is 5.75 Å². The maximum absolute atomic E-state index is 12.1. The summed E-state index contributed by atoms with van der Waals surface area (Å²) >= 11 is 1.12. The Morgan fingerprint density at radius 2 is 2.10 bits per heavy atom. The predicted molar refractivity (Wildman–Crippen MR) is 65.6 cm³/mol. The summed E-state index contributed by atoms with van der Waals surface area (Å²) in [6.07, 6.45) is -4.75. The molecule has 0 radical (unpaired) electrons. The van der Waals surface area contributed by atoms with Crippen LogP contribution in [0, 0.1) is 0 Å². The van der Waals surface area contributed by atoms with Crippen LogP contribution in [0.3, 0.4) is 0 Å². The Hall–Kier alpha value is -2.09. The standard InChI is InChI=1S/C12H8F3NO3S/c1-18-11(17)9-6-20-10(16-9)7-3-2-4-8(5-7)19-12(13,14)15/h2-6H,1H3. The Kier molecular flexibility index (Phi) is 3.93. The lowest BCUT2D eigenvalue weighted by Gasteiger charge is -2.09. The summed E-state index contributed by atoms with van der Waals surface area (Å²) in [6, 6.07) is 5.37. The van der Waals surface area contributed by atoms with Crippen LogP contribution < -0.4 is 4.74 Å². The number of ether oxygens (including phenoxy) is 2. The monoisotopic (exact) mass is 303 g/mol. The molecule has 8 heteroatoms. The second-order valence-corrected chi connectivity index (χ2v) is 4.46. The Bertz CT molecular complexity index is 624. The summed E-state index contributed by atoms with van der Waals surface area (Å²) in [4.78, 5) is 15.3. The first-order chi connectivity index (χ1) is 9.39. The molecule has 1 heterocycles. The molecule has 0 aliphatic heterocycles. The van der Waals surface area contributed by atoms with Gasteiger partial charge in [0.2, 0.25) is 0 Å². The van der Waals surface area contributed by atoms with Gasteiger partial charge in [0.05, 0.1) is 7.11 Å². The number of nitrogens with zero attached hydrogens (tertiary/aromatic N) is 1. The predicted octanol–water partition coefficient (Wildman–Crippen LogP) is 3.50. The fraction of sp³-hybridized carbons (Fsp3) is 0.167. The van der Waals surface area contributed by atoms with Gasteiger partial charge in [-0.25, -0.2) is 9.78 Å². The van der Waals surface area contributed by atoms with Gasteiger partial charge in [0.1, 0.15) is 10.8 Å². The molecule has 20 heavy (non-hydrogen) atoms. The summed E-state index contributed by atoms with van der Waals surface area (Å²) in [5.41, 5.74) is 0.529. The van der Waals surface area contributed by atoms with E-state index in [0.29, 0.717) is 10.6 Å². The molecule has 0 unspecified atom stereocenters. The van der Waals surface area contributed by atoms with Gasteiger partial charge in [-0.1, -0.05) is 12.1 Å². The smallest absolute Gasteiger partial charge is 0.464 e. The number of hydrogen-bond donors (Lipinski definition) is 0. The van der Waals surface area contributed by atoms with Crippen molar-refractivity contribution in [2.75, 3.05) is 7.11 Å². The first-order valence-electron chi connectivity index (χ1n) is 5.29.